The lowest BCUT2D eigenvalue weighted by Crippen LogP contribution is -2.16. The molecule has 2 aromatic rings. The van der Waals surface area contributed by atoms with Gasteiger partial charge in [-0.15, -0.1) is 0 Å². The number of ether oxygens (including phenoxy) is 1. The predicted octanol–water partition coefficient (Wildman–Crippen LogP) is 3.15. The summed E-state index contributed by atoms with van der Waals surface area (Å²) in [5.41, 5.74) is 1.71. The minimum atomic E-state index is -0.201. The van der Waals surface area contributed by atoms with E-state index in [1.54, 1.807) is 18.0 Å². The second-order valence-electron chi connectivity index (χ2n) is 4.03. The van der Waals surface area contributed by atoms with Crippen LogP contribution in [-0.4, -0.2) is 22.6 Å². The highest BCUT2D eigenvalue weighted by atomic mass is 35.5. The zero-order valence-electron chi connectivity index (χ0n) is 9.88. The van der Waals surface area contributed by atoms with Gasteiger partial charge in [0.05, 0.1) is 19.0 Å². The number of benzene rings is 1. The van der Waals surface area contributed by atoms with Gasteiger partial charge >= 0.3 is 0 Å². The van der Waals surface area contributed by atoms with Crippen LogP contribution in [0.1, 0.15) is 17.5 Å². The van der Waals surface area contributed by atoms with Gasteiger partial charge in [0, 0.05) is 18.1 Å². The molecule has 92 valence electrons. The molecule has 4 nitrogen and oxygen atoms in total. The fourth-order valence-corrected chi connectivity index (χ4v) is 2.39. The normalized spacial score (nSPS) is 18.1. The Morgan fingerprint density at radius 2 is 2.17 bits per heavy atom. The first-order valence-corrected chi connectivity index (χ1v) is 6.12. The average Bonchev–Trinajstić information content (AvgIpc) is 2.87. The number of para-hydroxylation sites is 1. The van der Waals surface area contributed by atoms with Crippen LogP contribution in [0.3, 0.4) is 0 Å². The first kappa shape index (κ1) is 11.3. The van der Waals surface area contributed by atoms with Gasteiger partial charge in [-0.05, 0) is 12.1 Å². The number of rotatable bonds is 2. The quantitative estimate of drug-likeness (QED) is 0.779. The zero-order valence-corrected chi connectivity index (χ0v) is 10.6. The Bertz CT molecular complexity index is 606. The van der Waals surface area contributed by atoms with Crippen molar-refractivity contribution in [2.45, 2.75) is 11.9 Å². The molecule has 1 aromatic heterocycles. The van der Waals surface area contributed by atoms with Crippen molar-refractivity contribution in [2.75, 3.05) is 7.11 Å². The maximum atomic E-state index is 6.31. The predicted molar refractivity (Wildman–Crippen MR) is 70.9 cm³/mol. The van der Waals surface area contributed by atoms with Crippen LogP contribution in [0, 0.1) is 0 Å². The third-order valence-corrected chi connectivity index (χ3v) is 3.28. The van der Waals surface area contributed by atoms with Gasteiger partial charge in [0.15, 0.2) is 5.82 Å². The lowest BCUT2D eigenvalue weighted by Gasteiger charge is -2.20. The molecule has 0 saturated carbocycles. The highest BCUT2D eigenvalue weighted by molar-refractivity contribution is 6.22. The third-order valence-electron chi connectivity index (χ3n) is 2.94. The van der Waals surface area contributed by atoms with E-state index in [-0.39, 0.29) is 5.50 Å². The van der Waals surface area contributed by atoms with Crippen molar-refractivity contribution in [1.82, 2.24) is 9.78 Å². The lowest BCUT2D eigenvalue weighted by atomic mass is 10.1. The first-order valence-electron chi connectivity index (χ1n) is 5.68. The lowest BCUT2D eigenvalue weighted by molar-refractivity contribution is 0.413. The topological polar surface area (TPSA) is 39.4 Å². The molecule has 1 aromatic carbocycles. The molecule has 0 bridgehead atoms. The Morgan fingerprint density at radius 1 is 1.33 bits per heavy atom. The van der Waals surface area contributed by atoms with E-state index in [0.29, 0.717) is 6.42 Å². The summed E-state index contributed by atoms with van der Waals surface area (Å²) in [6, 6.07) is 9.67. The maximum Gasteiger partial charge on any atom is 0.152 e. The van der Waals surface area contributed by atoms with Crippen molar-refractivity contribution < 1.29 is 4.74 Å². The molecule has 3 rings (SSSR count). The number of alkyl halides is 1. The average molecular weight is 262 g/mol. The maximum absolute atomic E-state index is 6.31. The first-order chi connectivity index (χ1) is 8.79. The van der Waals surface area contributed by atoms with Crippen molar-refractivity contribution in [1.29, 1.82) is 0 Å². The number of halogens is 1. The van der Waals surface area contributed by atoms with Crippen LogP contribution >= 0.6 is 11.6 Å². The largest absolute Gasteiger partial charge is 0.496 e. The Kier molecular flexibility index (Phi) is 2.80. The van der Waals surface area contributed by atoms with Gasteiger partial charge in [0.1, 0.15) is 11.3 Å². The summed E-state index contributed by atoms with van der Waals surface area (Å²) in [5, 5.41) is 4.15. The molecule has 0 radical (unpaired) electrons. The molecule has 0 amide bonds. The monoisotopic (exact) mass is 261 g/mol. The summed E-state index contributed by atoms with van der Waals surface area (Å²) in [7, 11) is 1.66. The number of aromatic nitrogens is 2. The second-order valence-corrected chi connectivity index (χ2v) is 4.54. The molecule has 2 heterocycles. The Morgan fingerprint density at radius 3 is 3.00 bits per heavy atom. The molecule has 1 unspecified atom stereocenters. The molecule has 0 aliphatic carbocycles. The standard InChI is InChI=1S/C13H12ClN3O/c1-18-11-5-3-2-4-9(11)10-8-12(14)17-13(16-10)6-7-15-17/h2-7,12H,8H2,1H3. The SMILES string of the molecule is COc1ccccc1C1=Nc2ccnn2C(Cl)C1. The van der Waals surface area contributed by atoms with Crippen LogP contribution < -0.4 is 4.74 Å². The molecular weight excluding hydrogens is 250 g/mol. The summed E-state index contributed by atoms with van der Waals surface area (Å²) in [4.78, 5) is 4.59. The van der Waals surface area contributed by atoms with Crippen LogP contribution in [0.25, 0.3) is 0 Å². The minimum absolute atomic E-state index is 0.201. The molecule has 0 fully saturated rings. The third kappa shape index (κ3) is 1.78. The summed E-state index contributed by atoms with van der Waals surface area (Å²) >= 11 is 6.31. The molecular formula is C13H12ClN3O. The van der Waals surface area contributed by atoms with E-state index < -0.39 is 0 Å². The number of hydrogen-bond donors (Lipinski definition) is 0. The van der Waals surface area contributed by atoms with Crippen LogP contribution in [0.15, 0.2) is 41.5 Å². The molecule has 0 spiro atoms. The molecule has 1 aliphatic rings. The van der Waals surface area contributed by atoms with Gasteiger partial charge in [-0.2, -0.15) is 5.10 Å². The Labute approximate surface area is 110 Å². The van der Waals surface area contributed by atoms with Gasteiger partial charge in [-0.3, -0.25) is 0 Å². The van der Waals surface area contributed by atoms with E-state index in [1.807, 2.05) is 30.3 Å². The molecule has 18 heavy (non-hydrogen) atoms. The summed E-state index contributed by atoms with van der Waals surface area (Å²) < 4.78 is 7.08. The van der Waals surface area contributed by atoms with Crippen LogP contribution in [0.2, 0.25) is 0 Å². The fraction of sp³-hybridized carbons (Fsp3) is 0.231. The summed E-state index contributed by atoms with van der Waals surface area (Å²) in [6.07, 6.45) is 2.34. The van der Waals surface area contributed by atoms with E-state index >= 15 is 0 Å². The van der Waals surface area contributed by atoms with Crippen molar-refractivity contribution in [3.63, 3.8) is 0 Å². The molecule has 1 aliphatic heterocycles. The van der Waals surface area contributed by atoms with Gasteiger partial charge < -0.3 is 4.74 Å². The van der Waals surface area contributed by atoms with Crippen LogP contribution in [0.5, 0.6) is 5.75 Å². The molecule has 0 saturated heterocycles. The fourth-order valence-electron chi connectivity index (χ4n) is 2.09. The van der Waals surface area contributed by atoms with E-state index in [2.05, 4.69) is 10.1 Å². The second kappa shape index (κ2) is 4.46. The minimum Gasteiger partial charge on any atom is -0.496 e. The number of nitrogens with zero attached hydrogens (tertiary/aromatic N) is 3. The van der Waals surface area contributed by atoms with Gasteiger partial charge in [-0.1, -0.05) is 23.7 Å². The van der Waals surface area contributed by atoms with E-state index in [9.17, 15) is 0 Å². The van der Waals surface area contributed by atoms with Crippen LogP contribution in [-0.2, 0) is 0 Å². The highest BCUT2D eigenvalue weighted by Gasteiger charge is 2.23. The van der Waals surface area contributed by atoms with Crippen molar-refractivity contribution >= 4 is 23.1 Å². The van der Waals surface area contributed by atoms with Crippen molar-refractivity contribution in [3.8, 4) is 5.75 Å². The zero-order chi connectivity index (χ0) is 12.5. The number of hydrogen-bond acceptors (Lipinski definition) is 3. The number of aliphatic imine (C=N–C) groups is 1. The number of methoxy groups -OCH3 is 1. The molecule has 0 N–H and O–H groups in total. The van der Waals surface area contributed by atoms with Crippen molar-refractivity contribution in [2.24, 2.45) is 4.99 Å². The molecule has 1 atom stereocenters. The Balaban J connectivity index is 2.09. The smallest absolute Gasteiger partial charge is 0.152 e. The highest BCUT2D eigenvalue weighted by Crippen LogP contribution is 2.33. The Hall–Kier alpha value is -1.81. The van der Waals surface area contributed by atoms with Crippen LogP contribution in [0.4, 0.5) is 5.82 Å². The molecule has 5 heteroatoms. The number of fused-ring (bicyclic) bond motifs is 1. The van der Waals surface area contributed by atoms with E-state index in [4.69, 9.17) is 16.3 Å². The van der Waals surface area contributed by atoms with E-state index in [1.165, 1.54) is 0 Å². The van der Waals surface area contributed by atoms with Gasteiger partial charge in [0.2, 0.25) is 0 Å². The summed E-state index contributed by atoms with van der Waals surface area (Å²) in [5.74, 6) is 1.59. The van der Waals surface area contributed by atoms with E-state index in [0.717, 1.165) is 22.8 Å². The van der Waals surface area contributed by atoms with Gasteiger partial charge in [0.25, 0.3) is 0 Å². The summed E-state index contributed by atoms with van der Waals surface area (Å²) in [6.45, 7) is 0. The van der Waals surface area contributed by atoms with Crippen molar-refractivity contribution in [3.05, 3.63) is 42.1 Å². The van der Waals surface area contributed by atoms with Gasteiger partial charge in [-0.25, -0.2) is 9.67 Å².